The number of hydrogen-bond donors (Lipinski definition) is 3. The van der Waals surface area contributed by atoms with E-state index >= 15 is 0 Å². The van der Waals surface area contributed by atoms with E-state index in [1.807, 2.05) is 12.1 Å². The van der Waals surface area contributed by atoms with Crippen molar-refractivity contribution in [2.45, 2.75) is 6.54 Å². The van der Waals surface area contributed by atoms with Crippen LogP contribution in [0.3, 0.4) is 0 Å². The Balaban J connectivity index is 2.07. The fraction of sp³-hybridized carbons (Fsp3) is 0.0714. The Morgan fingerprint density at radius 2 is 1.84 bits per heavy atom. The zero-order valence-corrected chi connectivity index (χ0v) is 10.9. The molecule has 0 saturated carbocycles. The highest BCUT2D eigenvalue weighted by Gasteiger charge is 2.10. The minimum Gasteiger partial charge on any atom is -0.399 e. The van der Waals surface area contributed by atoms with Crippen LogP contribution in [0.2, 0.25) is 5.02 Å². The van der Waals surface area contributed by atoms with Crippen LogP contribution in [0.15, 0.2) is 42.5 Å². The molecule has 0 aliphatic heterocycles. The molecule has 19 heavy (non-hydrogen) atoms. The highest BCUT2D eigenvalue weighted by atomic mass is 35.5. The summed E-state index contributed by atoms with van der Waals surface area (Å²) in [7, 11) is 0. The molecule has 0 spiro atoms. The number of nitrogens with two attached hydrogens (primary N) is 2. The lowest BCUT2D eigenvalue weighted by Crippen LogP contribution is -2.23. The van der Waals surface area contributed by atoms with Gasteiger partial charge in [-0.1, -0.05) is 23.7 Å². The summed E-state index contributed by atoms with van der Waals surface area (Å²) in [5, 5.41) is 3.15. The number of hydrogen-bond acceptors (Lipinski definition) is 3. The molecule has 98 valence electrons. The van der Waals surface area contributed by atoms with Gasteiger partial charge in [-0.05, 0) is 35.9 Å². The van der Waals surface area contributed by atoms with Crippen LogP contribution in [-0.2, 0) is 6.54 Å². The van der Waals surface area contributed by atoms with E-state index in [2.05, 4.69) is 5.32 Å². The Labute approximate surface area is 116 Å². The molecule has 0 unspecified atom stereocenters. The summed E-state index contributed by atoms with van der Waals surface area (Å²) in [6.45, 7) is 0.384. The van der Waals surface area contributed by atoms with E-state index < -0.39 is 0 Å². The average molecular weight is 276 g/mol. The van der Waals surface area contributed by atoms with E-state index in [0.29, 0.717) is 28.5 Å². The van der Waals surface area contributed by atoms with Crippen LogP contribution < -0.4 is 16.8 Å². The second-order valence-corrected chi connectivity index (χ2v) is 4.57. The van der Waals surface area contributed by atoms with Gasteiger partial charge in [0.05, 0.1) is 10.6 Å². The third-order valence-corrected chi connectivity index (χ3v) is 2.97. The lowest BCUT2D eigenvalue weighted by atomic mass is 10.1. The van der Waals surface area contributed by atoms with Crippen LogP contribution in [0.25, 0.3) is 0 Å². The fourth-order valence-electron chi connectivity index (χ4n) is 1.70. The average Bonchev–Trinajstić information content (AvgIpc) is 2.39. The van der Waals surface area contributed by atoms with Crippen molar-refractivity contribution in [2.75, 3.05) is 11.5 Å². The first-order valence-corrected chi connectivity index (χ1v) is 6.11. The maximum absolute atomic E-state index is 12.0. The van der Waals surface area contributed by atoms with Gasteiger partial charge < -0.3 is 16.8 Å². The fourth-order valence-corrected chi connectivity index (χ4v) is 1.90. The molecule has 2 rings (SSSR count). The van der Waals surface area contributed by atoms with Crippen molar-refractivity contribution in [3.05, 3.63) is 58.6 Å². The van der Waals surface area contributed by atoms with Gasteiger partial charge in [-0.25, -0.2) is 0 Å². The molecule has 1 amide bonds. The number of carbonyl (C=O) groups excluding carboxylic acids is 1. The second-order valence-electron chi connectivity index (χ2n) is 4.17. The minimum absolute atomic E-state index is 0.264. The maximum atomic E-state index is 12.0. The van der Waals surface area contributed by atoms with Crippen LogP contribution in [0.4, 0.5) is 11.4 Å². The molecule has 0 bridgehead atoms. The van der Waals surface area contributed by atoms with Gasteiger partial charge in [0, 0.05) is 17.9 Å². The number of halogens is 1. The predicted molar refractivity (Wildman–Crippen MR) is 77.9 cm³/mol. The third kappa shape index (κ3) is 3.39. The summed E-state index contributed by atoms with van der Waals surface area (Å²) in [5.74, 6) is -0.264. The van der Waals surface area contributed by atoms with Crippen LogP contribution in [-0.4, -0.2) is 5.91 Å². The first-order chi connectivity index (χ1) is 9.06. The highest BCUT2D eigenvalue weighted by molar-refractivity contribution is 6.34. The van der Waals surface area contributed by atoms with Crippen LogP contribution in [0, 0.1) is 0 Å². The molecule has 0 atom stereocenters. The maximum Gasteiger partial charge on any atom is 0.253 e. The molecule has 0 heterocycles. The van der Waals surface area contributed by atoms with E-state index in [9.17, 15) is 4.79 Å². The standard InChI is InChI=1S/C14H14ClN3O/c15-13-5-4-11(17)7-12(13)14(19)18-8-9-2-1-3-10(16)6-9/h1-7H,8,16-17H2,(H,18,19). The molecule has 0 aliphatic carbocycles. The summed E-state index contributed by atoms with van der Waals surface area (Å²) in [6.07, 6.45) is 0. The topological polar surface area (TPSA) is 81.1 Å². The van der Waals surface area contributed by atoms with Crippen molar-refractivity contribution < 1.29 is 4.79 Å². The van der Waals surface area contributed by atoms with E-state index in [1.54, 1.807) is 30.3 Å². The van der Waals surface area contributed by atoms with Gasteiger partial charge in [-0.15, -0.1) is 0 Å². The smallest absolute Gasteiger partial charge is 0.253 e. The Hall–Kier alpha value is -2.20. The lowest BCUT2D eigenvalue weighted by Gasteiger charge is -2.08. The van der Waals surface area contributed by atoms with Crippen molar-refractivity contribution in [2.24, 2.45) is 0 Å². The number of nitrogens with one attached hydrogen (secondary N) is 1. The highest BCUT2D eigenvalue weighted by Crippen LogP contribution is 2.18. The Morgan fingerprint density at radius 1 is 1.11 bits per heavy atom. The van der Waals surface area contributed by atoms with Gasteiger partial charge in [0.15, 0.2) is 0 Å². The van der Waals surface area contributed by atoms with Crippen molar-refractivity contribution in [3.63, 3.8) is 0 Å². The molecule has 2 aromatic rings. The molecule has 2 aromatic carbocycles. The Kier molecular flexibility index (Phi) is 3.92. The zero-order chi connectivity index (χ0) is 13.8. The number of anilines is 2. The van der Waals surface area contributed by atoms with E-state index in [-0.39, 0.29) is 5.91 Å². The predicted octanol–water partition coefficient (Wildman–Crippen LogP) is 2.43. The molecule has 4 nitrogen and oxygen atoms in total. The SMILES string of the molecule is Nc1cccc(CNC(=O)c2cc(N)ccc2Cl)c1. The molecule has 5 N–H and O–H groups in total. The number of benzene rings is 2. The van der Waals surface area contributed by atoms with Crippen molar-refractivity contribution in [3.8, 4) is 0 Å². The van der Waals surface area contributed by atoms with Gasteiger partial charge in [0.25, 0.3) is 5.91 Å². The Bertz CT molecular complexity index is 613. The molecule has 0 aliphatic rings. The van der Waals surface area contributed by atoms with Gasteiger partial charge in [0.1, 0.15) is 0 Å². The lowest BCUT2D eigenvalue weighted by molar-refractivity contribution is 0.0951. The van der Waals surface area contributed by atoms with E-state index in [4.69, 9.17) is 23.1 Å². The minimum atomic E-state index is -0.264. The number of carbonyl (C=O) groups is 1. The van der Waals surface area contributed by atoms with Crippen molar-refractivity contribution in [1.82, 2.24) is 5.32 Å². The van der Waals surface area contributed by atoms with Crippen molar-refractivity contribution in [1.29, 1.82) is 0 Å². The zero-order valence-electron chi connectivity index (χ0n) is 10.2. The van der Waals surface area contributed by atoms with Crippen molar-refractivity contribution >= 4 is 28.9 Å². The Morgan fingerprint density at radius 3 is 2.58 bits per heavy atom. The quantitative estimate of drug-likeness (QED) is 0.753. The first kappa shape index (κ1) is 13.2. The molecule has 0 saturated heterocycles. The van der Waals surface area contributed by atoms with Gasteiger partial charge >= 0.3 is 0 Å². The summed E-state index contributed by atoms with van der Waals surface area (Å²) >= 11 is 5.96. The summed E-state index contributed by atoms with van der Waals surface area (Å²) < 4.78 is 0. The van der Waals surface area contributed by atoms with E-state index in [0.717, 1.165) is 5.56 Å². The summed E-state index contributed by atoms with van der Waals surface area (Å²) in [6, 6.07) is 12.1. The van der Waals surface area contributed by atoms with Gasteiger partial charge in [-0.2, -0.15) is 0 Å². The molecule has 5 heteroatoms. The molecular weight excluding hydrogens is 262 g/mol. The molecule has 0 fully saturated rings. The second kappa shape index (κ2) is 5.63. The largest absolute Gasteiger partial charge is 0.399 e. The van der Waals surface area contributed by atoms with Crippen LogP contribution >= 0.6 is 11.6 Å². The van der Waals surface area contributed by atoms with Crippen LogP contribution in [0.5, 0.6) is 0 Å². The van der Waals surface area contributed by atoms with Gasteiger partial charge in [-0.3, -0.25) is 4.79 Å². The van der Waals surface area contributed by atoms with Gasteiger partial charge in [0.2, 0.25) is 0 Å². The third-order valence-electron chi connectivity index (χ3n) is 2.64. The number of rotatable bonds is 3. The van der Waals surface area contributed by atoms with E-state index in [1.165, 1.54) is 0 Å². The normalized spacial score (nSPS) is 10.2. The summed E-state index contributed by atoms with van der Waals surface area (Å²) in [4.78, 5) is 12.0. The van der Waals surface area contributed by atoms with Crippen LogP contribution in [0.1, 0.15) is 15.9 Å². The molecule has 0 aromatic heterocycles. The first-order valence-electron chi connectivity index (χ1n) is 5.74. The molecular formula is C14H14ClN3O. The number of nitrogen functional groups attached to an aromatic ring is 2. The molecule has 0 radical (unpaired) electrons. The monoisotopic (exact) mass is 275 g/mol. The number of amides is 1. The summed E-state index contributed by atoms with van der Waals surface area (Å²) in [5.41, 5.74) is 13.8.